The molecule has 0 spiro atoms. The van der Waals surface area contributed by atoms with E-state index in [0.29, 0.717) is 31.2 Å². The summed E-state index contributed by atoms with van der Waals surface area (Å²) in [6.45, 7) is 3.27. The number of rotatable bonds is 4. The third-order valence-electron chi connectivity index (χ3n) is 6.31. The van der Waals surface area contributed by atoms with E-state index in [9.17, 15) is 13.7 Å². The maximum absolute atomic E-state index is 12.9. The molecule has 0 radical (unpaired) electrons. The van der Waals surface area contributed by atoms with Crippen LogP contribution >= 0.6 is 0 Å². The van der Waals surface area contributed by atoms with Crippen molar-refractivity contribution in [1.82, 2.24) is 13.9 Å². The number of morpholine rings is 1. The monoisotopic (exact) mass is 451 g/mol. The molecule has 32 heavy (non-hydrogen) atoms. The Hall–Kier alpha value is -2.93. The molecule has 3 aromatic rings. The lowest BCUT2D eigenvalue weighted by Gasteiger charge is -2.31. The molecular weight excluding hydrogens is 426 g/mol. The Morgan fingerprint density at radius 2 is 1.75 bits per heavy atom. The Bertz CT molecular complexity index is 1250. The average molecular weight is 452 g/mol. The van der Waals surface area contributed by atoms with Crippen molar-refractivity contribution in [3.05, 3.63) is 48.8 Å². The fraction of sp³-hybridized carbons (Fsp3) is 0.391. The van der Waals surface area contributed by atoms with Crippen molar-refractivity contribution >= 4 is 21.2 Å². The van der Waals surface area contributed by atoms with Gasteiger partial charge in [0.15, 0.2) is 0 Å². The van der Waals surface area contributed by atoms with Gasteiger partial charge in [-0.2, -0.15) is 14.7 Å². The van der Waals surface area contributed by atoms with Gasteiger partial charge in [-0.3, -0.25) is 0 Å². The van der Waals surface area contributed by atoms with Gasteiger partial charge in [0.05, 0.1) is 41.6 Å². The Morgan fingerprint density at radius 3 is 2.44 bits per heavy atom. The molecule has 5 rings (SSSR count). The van der Waals surface area contributed by atoms with Gasteiger partial charge < -0.3 is 9.64 Å². The molecule has 2 aliphatic rings. The highest BCUT2D eigenvalue weighted by molar-refractivity contribution is 7.89. The SMILES string of the molecule is N#CC1CCN(c2cccn3ncc(-c4ccc(S(=O)(=O)N5CCOCC5)cc4)c23)CC1. The van der Waals surface area contributed by atoms with Crippen LogP contribution in [0.25, 0.3) is 16.6 Å². The Morgan fingerprint density at radius 1 is 1.03 bits per heavy atom. The van der Waals surface area contributed by atoms with Gasteiger partial charge in [-0.25, -0.2) is 12.9 Å². The first-order chi connectivity index (χ1) is 15.6. The summed E-state index contributed by atoms with van der Waals surface area (Å²) in [6, 6.07) is 13.5. The largest absolute Gasteiger partial charge is 0.379 e. The van der Waals surface area contributed by atoms with Crippen molar-refractivity contribution in [3.8, 4) is 17.2 Å². The molecular formula is C23H25N5O3S. The second kappa shape index (κ2) is 8.54. The number of benzene rings is 1. The molecule has 0 saturated carbocycles. The highest BCUT2D eigenvalue weighted by atomic mass is 32.2. The molecule has 0 atom stereocenters. The van der Waals surface area contributed by atoms with Gasteiger partial charge in [0.2, 0.25) is 10.0 Å². The first-order valence-electron chi connectivity index (χ1n) is 10.9. The predicted molar refractivity (Wildman–Crippen MR) is 121 cm³/mol. The lowest BCUT2D eigenvalue weighted by atomic mass is 9.97. The zero-order valence-electron chi connectivity index (χ0n) is 17.7. The minimum atomic E-state index is -3.53. The van der Waals surface area contributed by atoms with Crippen LogP contribution in [0, 0.1) is 17.2 Å². The van der Waals surface area contributed by atoms with Gasteiger partial charge in [0.1, 0.15) is 0 Å². The van der Waals surface area contributed by atoms with E-state index in [1.54, 1.807) is 12.1 Å². The van der Waals surface area contributed by atoms with Crippen molar-refractivity contribution < 1.29 is 13.2 Å². The second-order valence-corrected chi connectivity index (χ2v) is 10.1. The summed E-state index contributed by atoms with van der Waals surface area (Å²) in [6.07, 6.45) is 5.46. The van der Waals surface area contributed by atoms with Gasteiger partial charge in [-0.15, -0.1) is 0 Å². The van der Waals surface area contributed by atoms with Crippen LogP contribution in [0.5, 0.6) is 0 Å². The van der Waals surface area contributed by atoms with Crippen LogP contribution in [0.15, 0.2) is 53.7 Å². The summed E-state index contributed by atoms with van der Waals surface area (Å²) >= 11 is 0. The second-order valence-electron chi connectivity index (χ2n) is 8.18. The van der Waals surface area contributed by atoms with E-state index in [-0.39, 0.29) is 5.92 Å². The van der Waals surface area contributed by atoms with Crippen LogP contribution in [-0.2, 0) is 14.8 Å². The molecule has 9 heteroatoms. The lowest BCUT2D eigenvalue weighted by Crippen LogP contribution is -2.40. The number of sulfonamides is 1. The Balaban J connectivity index is 1.47. The van der Waals surface area contributed by atoms with Crippen LogP contribution < -0.4 is 4.90 Å². The van der Waals surface area contributed by atoms with E-state index < -0.39 is 10.0 Å². The minimum absolute atomic E-state index is 0.122. The lowest BCUT2D eigenvalue weighted by molar-refractivity contribution is 0.0730. The van der Waals surface area contributed by atoms with Gasteiger partial charge in [-0.05, 0) is 42.7 Å². The molecule has 0 N–H and O–H groups in total. The average Bonchev–Trinajstić information content (AvgIpc) is 3.29. The van der Waals surface area contributed by atoms with Crippen LogP contribution in [0.4, 0.5) is 5.69 Å². The molecule has 2 fully saturated rings. The van der Waals surface area contributed by atoms with Crippen molar-refractivity contribution in [2.75, 3.05) is 44.3 Å². The summed E-state index contributed by atoms with van der Waals surface area (Å²) < 4.78 is 34.5. The molecule has 4 heterocycles. The minimum Gasteiger partial charge on any atom is -0.379 e. The van der Waals surface area contributed by atoms with Gasteiger partial charge in [0.25, 0.3) is 0 Å². The zero-order valence-corrected chi connectivity index (χ0v) is 18.5. The van der Waals surface area contributed by atoms with E-state index in [4.69, 9.17) is 4.74 Å². The summed E-state index contributed by atoms with van der Waals surface area (Å²) in [5.74, 6) is 0.122. The number of hydrogen-bond acceptors (Lipinski definition) is 6. The summed E-state index contributed by atoms with van der Waals surface area (Å²) in [5, 5.41) is 13.7. The van der Waals surface area contributed by atoms with E-state index in [2.05, 4.69) is 22.1 Å². The summed E-state index contributed by atoms with van der Waals surface area (Å²) in [5.41, 5.74) is 3.95. The molecule has 1 aromatic carbocycles. The number of nitriles is 1. The van der Waals surface area contributed by atoms with E-state index >= 15 is 0 Å². The topological polar surface area (TPSA) is 90.9 Å². The fourth-order valence-corrected chi connectivity index (χ4v) is 5.89. The molecule has 2 aromatic heterocycles. The molecule has 0 amide bonds. The third kappa shape index (κ3) is 3.75. The van der Waals surface area contributed by atoms with Crippen molar-refractivity contribution in [2.45, 2.75) is 17.7 Å². The van der Waals surface area contributed by atoms with Crippen molar-refractivity contribution in [3.63, 3.8) is 0 Å². The number of aromatic nitrogens is 2. The fourth-order valence-electron chi connectivity index (χ4n) is 4.48. The quantitative estimate of drug-likeness (QED) is 0.606. The molecule has 166 valence electrons. The van der Waals surface area contributed by atoms with Gasteiger partial charge in [-0.1, -0.05) is 12.1 Å². The van der Waals surface area contributed by atoms with Crippen LogP contribution in [0.2, 0.25) is 0 Å². The summed E-state index contributed by atoms with van der Waals surface area (Å²) in [4.78, 5) is 2.60. The third-order valence-corrected chi connectivity index (χ3v) is 8.22. The molecule has 0 unspecified atom stereocenters. The van der Waals surface area contributed by atoms with E-state index in [1.165, 1.54) is 4.31 Å². The number of piperidine rings is 1. The molecule has 0 bridgehead atoms. The van der Waals surface area contributed by atoms with Gasteiger partial charge >= 0.3 is 0 Å². The maximum Gasteiger partial charge on any atom is 0.243 e. The Labute approximate surface area is 187 Å². The predicted octanol–water partition coefficient (Wildman–Crippen LogP) is 2.76. The van der Waals surface area contributed by atoms with Crippen LogP contribution in [0.1, 0.15) is 12.8 Å². The standard InChI is InChI=1S/C23H25N5O3S/c24-16-18-7-10-26(11-8-18)22-2-1-9-28-23(22)21(17-25-28)19-3-5-20(6-4-19)32(29,30)27-12-14-31-15-13-27/h1-6,9,17-18H,7-8,10-15H2. The van der Waals surface area contributed by atoms with Crippen molar-refractivity contribution in [2.24, 2.45) is 5.92 Å². The first-order valence-corrected chi connectivity index (χ1v) is 12.3. The van der Waals surface area contributed by atoms with Crippen LogP contribution in [0.3, 0.4) is 0 Å². The van der Waals surface area contributed by atoms with Crippen LogP contribution in [-0.4, -0.2) is 61.7 Å². The van der Waals surface area contributed by atoms with Crippen molar-refractivity contribution in [1.29, 1.82) is 5.26 Å². The van der Waals surface area contributed by atoms with E-state index in [0.717, 1.165) is 48.3 Å². The molecule has 0 aliphatic carbocycles. The molecule has 8 nitrogen and oxygen atoms in total. The normalized spacial score (nSPS) is 18.7. The number of fused-ring (bicyclic) bond motifs is 1. The summed E-state index contributed by atoms with van der Waals surface area (Å²) in [7, 11) is -3.53. The maximum atomic E-state index is 12.9. The smallest absolute Gasteiger partial charge is 0.243 e. The number of anilines is 1. The number of ether oxygens (including phenoxy) is 1. The highest BCUT2D eigenvalue weighted by Crippen LogP contribution is 2.34. The Kier molecular flexibility index (Phi) is 5.59. The number of hydrogen-bond donors (Lipinski definition) is 0. The molecule has 2 aliphatic heterocycles. The number of nitrogens with zero attached hydrogens (tertiary/aromatic N) is 5. The van der Waals surface area contributed by atoms with E-state index in [1.807, 2.05) is 35.1 Å². The molecule has 2 saturated heterocycles. The highest BCUT2D eigenvalue weighted by Gasteiger charge is 2.27. The zero-order chi connectivity index (χ0) is 22.1. The van der Waals surface area contributed by atoms with Gasteiger partial charge in [0, 0.05) is 43.9 Å². The first kappa shape index (κ1) is 20.9. The number of pyridine rings is 1.